The summed E-state index contributed by atoms with van der Waals surface area (Å²) in [5.74, 6) is 0.0259. The van der Waals surface area contributed by atoms with E-state index in [-0.39, 0.29) is 24.4 Å². The summed E-state index contributed by atoms with van der Waals surface area (Å²) in [6, 6.07) is 0. The molecule has 1 saturated carbocycles. The molecule has 0 aromatic rings. The standard InChI is InChI=1S/C9H18O3/c1-5-3-8(11)6(2)9(12)7(5)4-10/h5-12H,3-4H2,1-2H3. The summed E-state index contributed by atoms with van der Waals surface area (Å²) < 4.78 is 0. The van der Waals surface area contributed by atoms with Gasteiger partial charge in [0.2, 0.25) is 0 Å². The molecule has 3 N–H and O–H groups in total. The summed E-state index contributed by atoms with van der Waals surface area (Å²) in [5.41, 5.74) is 0. The highest BCUT2D eigenvalue weighted by molar-refractivity contribution is 4.88. The quantitative estimate of drug-likeness (QED) is 0.524. The topological polar surface area (TPSA) is 60.7 Å². The maximum absolute atomic E-state index is 9.66. The van der Waals surface area contributed by atoms with Crippen molar-refractivity contribution in [3.8, 4) is 0 Å². The third kappa shape index (κ3) is 1.63. The van der Waals surface area contributed by atoms with E-state index in [1.54, 1.807) is 0 Å². The summed E-state index contributed by atoms with van der Waals surface area (Å²) >= 11 is 0. The van der Waals surface area contributed by atoms with Crippen molar-refractivity contribution >= 4 is 0 Å². The molecule has 0 bridgehead atoms. The minimum atomic E-state index is -0.561. The number of hydrogen-bond acceptors (Lipinski definition) is 3. The minimum absolute atomic E-state index is 0.0133. The Labute approximate surface area is 73.0 Å². The van der Waals surface area contributed by atoms with Gasteiger partial charge in [-0.15, -0.1) is 0 Å². The molecule has 0 aromatic heterocycles. The SMILES string of the molecule is CC1CC(O)C(C)C(O)C1CO. The van der Waals surface area contributed by atoms with Crippen LogP contribution in [0.2, 0.25) is 0 Å². The highest BCUT2D eigenvalue weighted by Crippen LogP contribution is 2.33. The average Bonchev–Trinajstić information content (AvgIpc) is 2.01. The molecule has 1 fully saturated rings. The minimum Gasteiger partial charge on any atom is -0.396 e. The van der Waals surface area contributed by atoms with Gasteiger partial charge < -0.3 is 15.3 Å². The fourth-order valence-electron chi connectivity index (χ4n) is 2.01. The van der Waals surface area contributed by atoms with Crippen molar-refractivity contribution in [2.24, 2.45) is 17.8 Å². The van der Waals surface area contributed by atoms with Crippen LogP contribution in [0.1, 0.15) is 20.3 Å². The first-order chi connectivity index (χ1) is 5.57. The lowest BCUT2D eigenvalue weighted by atomic mass is 9.72. The average molecular weight is 174 g/mol. The second kappa shape index (κ2) is 3.73. The Hall–Kier alpha value is -0.120. The molecule has 12 heavy (non-hydrogen) atoms. The molecule has 5 unspecified atom stereocenters. The zero-order valence-corrected chi connectivity index (χ0v) is 7.64. The van der Waals surface area contributed by atoms with Crippen LogP contribution in [-0.2, 0) is 0 Å². The largest absolute Gasteiger partial charge is 0.396 e. The predicted octanol–water partition coefficient (Wildman–Crippen LogP) is -0.00740. The van der Waals surface area contributed by atoms with E-state index in [1.807, 2.05) is 13.8 Å². The van der Waals surface area contributed by atoms with Crippen LogP contribution in [0.5, 0.6) is 0 Å². The van der Waals surface area contributed by atoms with Crippen molar-refractivity contribution in [2.45, 2.75) is 32.5 Å². The molecular weight excluding hydrogens is 156 g/mol. The van der Waals surface area contributed by atoms with Gasteiger partial charge in [-0.05, 0) is 12.3 Å². The first kappa shape index (κ1) is 9.96. The normalized spacial score (nSPS) is 49.2. The molecule has 0 saturated heterocycles. The third-order valence-electron chi connectivity index (χ3n) is 3.14. The lowest BCUT2D eigenvalue weighted by Gasteiger charge is -2.39. The highest BCUT2D eigenvalue weighted by atomic mass is 16.3. The van der Waals surface area contributed by atoms with E-state index in [2.05, 4.69) is 0 Å². The second-order valence-electron chi connectivity index (χ2n) is 3.98. The summed E-state index contributed by atoms with van der Waals surface area (Å²) in [6.07, 6.45) is -0.296. The Morgan fingerprint density at radius 2 is 1.83 bits per heavy atom. The van der Waals surface area contributed by atoms with Crippen LogP contribution in [-0.4, -0.2) is 34.1 Å². The van der Waals surface area contributed by atoms with Gasteiger partial charge in [0.15, 0.2) is 0 Å². The Morgan fingerprint density at radius 3 is 2.33 bits per heavy atom. The second-order valence-corrected chi connectivity index (χ2v) is 3.98. The van der Waals surface area contributed by atoms with Gasteiger partial charge in [0.25, 0.3) is 0 Å². The van der Waals surface area contributed by atoms with E-state index in [0.29, 0.717) is 6.42 Å². The Balaban J connectivity index is 2.65. The van der Waals surface area contributed by atoms with Crippen LogP contribution in [0.4, 0.5) is 0 Å². The van der Waals surface area contributed by atoms with E-state index in [1.165, 1.54) is 0 Å². The van der Waals surface area contributed by atoms with Crippen LogP contribution in [0, 0.1) is 17.8 Å². The molecule has 0 radical (unpaired) electrons. The molecule has 0 amide bonds. The molecule has 72 valence electrons. The van der Waals surface area contributed by atoms with E-state index >= 15 is 0 Å². The molecule has 1 aliphatic carbocycles. The maximum atomic E-state index is 9.66. The van der Waals surface area contributed by atoms with Crippen LogP contribution in [0.3, 0.4) is 0 Å². The molecule has 0 aliphatic heterocycles. The Kier molecular flexibility index (Phi) is 3.09. The van der Waals surface area contributed by atoms with Gasteiger partial charge >= 0.3 is 0 Å². The van der Waals surface area contributed by atoms with Crippen LogP contribution in [0.15, 0.2) is 0 Å². The lowest BCUT2D eigenvalue weighted by molar-refractivity contribution is -0.0867. The van der Waals surface area contributed by atoms with Crippen molar-refractivity contribution in [1.29, 1.82) is 0 Å². The maximum Gasteiger partial charge on any atom is 0.0643 e. The smallest absolute Gasteiger partial charge is 0.0643 e. The zero-order chi connectivity index (χ0) is 9.30. The van der Waals surface area contributed by atoms with Gasteiger partial charge in [-0.25, -0.2) is 0 Å². The van der Waals surface area contributed by atoms with Gasteiger partial charge in [0, 0.05) is 18.4 Å². The van der Waals surface area contributed by atoms with Gasteiger partial charge in [-0.2, -0.15) is 0 Å². The van der Waals surface area contributed by atoms with E-state index < -0.39 is 12.2 Å². The molecule has 0 heterocycles. The zero-order valence-electron chi connectivity index (χ0n) is 7.64. The molecule has 1 aliphatic rings. The summed E-state index contributed by atoms with van der Waals surface area (Å²) in [7, 11) is 0. The summed E-state index contributed by atoms with van der Waals surface area (Å²) in [6.45, 7) is 3.79. The molecule has 3 nitrogen and oxygen atoms in total. The van der Waals surface area contributed by atoms with Gasteiger partial charge in [-0.3, -0.25) is 0 Å². The van der Waals surface area contributed by atoms with Crippen LogP contribution in [0.25, 0.3) is 0 Å². The van der Waals surface area contributed by atoms with Crippen molar-refractivity contribution in [1.82, 2.24) is 0 Å². The third-order valence-corrected chi connectivity index (χ3v) is 3.14. The lowest BCUT2D eigenvalue weighted by Crippen LogP contribution is -2.46. The van der Waals surface area contributed by atoms with Crippen LogP contribution >= 0.6 is 0 Å². The van der Waals surface area contributed by atoms with E-state index in [9.17, 15) is 10.2 Å². The van der Waals surface area contributed by atoms with Gasteiger partial charge in [0.05, 0.1) is 12.2 Å². The Morgan fingerprint density at radius 1 is 1.25 bits per heavy atom. The summed E-state index contributed by atoms with van der Waals surface area (Å²) in [5, 5.41) is 28.1. The monoisotopic (exact) mass is 174 g/mol. The highest BCUT2D eigenvalue weighted by Gasteiger charge is 2.38. The van der Waals surface area contributed by atoms with Crippen molar-refractivity contribution in [3.63, 3.8) is 0 Å². The van der Waals surface area contributed by atoms with Gasteiger partial charge in [0.1, 0.15) is 0 Å². The Bertz CT molecular complexity index is 149. The number of aliphatic hydroxyl groups excluding tert-OH is 3. The molecule has 0 aromatic carbocycles. The fourth-order valence-corrected chi connectivity index (χ4v) is 2.01. The van der Waals surface area contributed by atoms with Crippen molar-refractivity contribution < 1.29 is 15.3 Å². The predicted molar refractivity (Wildman–Crippen MR) is 45.5 cm³/mol. The number of hydrogen-bond donors (Lipinski definition) is 3. The van der Waals surface area contributed by atoms with E-state index in [0.717, 1.165) is 0 Å². The molecule has 5 atom stereocenters. The van der Waals surface area contributed by atoms with Crippen molar-refractivity contribution in [2.75, 3.05) is 6.61 Å². The summed E-state index contributed by atoms with van der Waals surface area (Å²) in [4.78, 5) is 0. The van der Waals surface area contributed by atoms with Crippen LogP contribution < -0.4 is 0 Å². The van der Waals surface area contributed by atoms with E-state index in [4.69, 9.17) is 5.11 Å². The first-order valence-corrected chi connectivity index (χ1v) is 4.55. The fraction of sp³-hybridized carbons (Fsp3) is 1.00. The number of rotatable bonds is 1. The molecule has 0 spiro atoms. The molecular formula is C9H18O3. The van der Waals surface area contributed by atoms with Crippen molar-refractivity contribution in [3.05, 3.63) is 0 Å². The number of aliphatic hydroxyl groups is 3. The molecule has 3 heteroatoms. The van der Waals surface area contributed by atoms with Gasteiger partial charge in [-0.1, -0.05) is 13.8 Å². The first-order valence-electron chi connectivity index (χ1n) is 4.55. The molecule has 1 rings (SSSR count).